The minimum absolute atomic E-state index is 0.136. The fraction of sp³-hybridized carbons (Fsp3) is 0.385. The molecule has 1 aromatic carbocycles. The van der Waals surface area contributed by atoms with Crippen molar-refractivity contribution in [2.45, 2.75) is 0 Å². The van der Waals surface area contributed by atoms with Gasteiger partial charge in [0, 0.05) is 31.6 Å². The van der Waals surface area contributed by atoms with Crippen LogP contribution in [0, 0.1) is 0 Å². The van der Waals surface area contributed by atoms with Crippen molar-refractivity contribution in [1.82, 2.24) is 9.27 Å². The van der Waals surface area contributed by atoms with Crippen LogP contribution in [0.5, 0.6) is 0 Å². The lowest BCUT2D eigenvalue weighted by molar-refractivity contribution is -0.138. The Labute approximate surface area is 115 Å². The molecule has 1 aliphatic rings. The normalized spacial score (nSPS) is 16.9. The van der Waals surface area contributed by atoms with Gasteiger partial charge in [0.2, 0.25) is 0 Å². The molecule has 1 aromatic heterocycles. The Kier molecular flexibility index (Phi) is 3.35. The summed E-state index contributed by atoms with van der Waals surface area (Å²) in [6, 6.07) is 8.14. The lowest BCUT2D eigenvalue weighted by Gasteiger charge is -2.34. The number of rotatable bonds is 3. The SMILES string of the molecule is O=C(O)CN1CCN(c2snc3ccccc23)CC1. The van der Waals surface area contributed by atoms with Gasteiger partial charge >= 0.3 is 5.97 Å². The van der Waals surface area contributed by atoms with Crippen molar-refractivity contribution >= 4 is 33.4 Å². The van der Waals surface area contributed by atoms with Crippen molar-refractivity contribution in [1.29, 1.82) is 0 Å². The molecule has 1 aliphatic heterocycles. The number of piperazine rings is 1. The fourth-order valence-corrected chi connectivity index (χ4v) is 3.32. The van der Waals surface area contributed by atoms with Gasteiger partial charge in [-0.05, 0) is 23.7 Å². The van der Waals surface area contributed by atoms with Crippen LogP contribution in [0.15, 0.2) is 24.3 Å². The summed E-state index contributed by atoms with van der Waals surface area (Å²) in [5.74, 6) is -0.753. The maximum absolute atomic E-state index is 10.7. The van der Waals surface area contributed by atoms with Gasteiger partial charge in [0.15, 0.2) is 0 Å². The van der Waals surface area contributed by atoms with Crippen molar-refractivity contribution in [2.75, 3.05) is 37.6 Å². The Balaban J connectivity index is 1.73. The molecule has 0 aliphatic carbocycles. The molecule has 0 unspecified atom stereocenters. The molecule has 0 bridgehead atoms. The van der Waals surface area contributed by atoms with Crippen LogP contribution in [-0.2, 0) is 4.79 Å². The highest BCUT2D eigenvalue weighted by molar-refractivity contribution is 7.11. The quantitative estimate of drug-likeness (QED) is 0.921. The average molecular weight is 277 g/mol. The number of benzene rings is 1. The minimum atomic E-state index is -0.753. The van der Waals surface area contributed by atoms with E-state index >= 15 is 0 Å². The summed E-state index contributed by atoms with van der Waals surface area (Å²) >= 11 is 1.53. The van der Waals surface area contributed by atoms with Crippen LogP contribution in [0.4, 0.5) is 5.00 Å². The van der Waals surface area contributed by atoms with Crippen LogP contribution in [0.2, 0.25) is 0 Å². The van der Waals surface area contributed by atoms with Crippen LogP contribution in [0.3, 0.4) is 0 Å². The van der Waals surface area contributed by atoms with Crippen LogP contribution in [0.1, 0.15) is 0 Å². The van der Waals surface area contributed by atoms with Gasteiger partial charge in [-0.15, -0.1) is 0 Å². The molecule has 3 rings (SSSR count). The number of fused-ring (bicyclic) bond motifs is 1. The smallest absolute Gasteiger partial charge is 0.317 e. The number of carbonyl (C=O) groups is 1. The monoisotopic (exact) mass is 277 g/mol. The van der Waals surface area contributed by atoms with Gasteiger partial charge in [0.05, 0.1) is 12.1 Å². The highest BCUT2D eigenvalue weighted by Gasteiger charge is 2.21. The lowest BCUT2D eigenvalue weighted by atomic mass is 10.2. The zero-order valence-electron chi connectivity index (χ0n) is 10.5. The molecule has 100 valence electrons. The van der Waals surface area contributed by atoms with Gasteiger partial charge in [-0.25, -0.2) is 0 Å². The van der Waals surface area contributed by atoms with E-state index in [0.717, 1.165) is 31.7 Å². The van der Waals surface area contributed by atoms with Gasteiger partial charge in [-0.2, -0.15) is 4.37 Å². The summed E-state index contributed by atoms with van der Waals surface area (Å²) in [5, 5.41) is 11.2. The third-order valence-corrected chi connectivity index (χ3v) is 4.32. The van der Waals surface area contributed by atoms with E-state index in [1.165, 1.54) is 21.9 Å². The average Bonchev–Trinajstić information content (AvgIpc) is 2.83. The number of hydrogen-bond acceptors (Lipinski definition) is 5. The van der Waals surface area contributed by atoms with Gasteiger partial charge < -0.3 is 10.0 Å². The first-order chi connectivity index (χ1) is 9.24. The number of aliphatic carboxylic acids is 1. The molecular weight excluding hydrogens is 262 g/mol. The molecule has 0 amide bonds. The van der Waals surface area contributed by atoms with E-state index in [-0.39, 0.29) is 6.54 Å². The maximum Gasteiger partial charge on any atom is 0.317 e. The van der Waals surface area contributed by atoms with Crippen LogP contribution in [-0.4, -0.2) is 53.1 Å². The Morgan fingerprint density at radius 1 is 1.26 bits per heavy atom. The number of carboxylic acid groups (broad SMARTS) is 1. The van der Waals surface area contributed by atoms with Gasteiger partial charge in [0.25, 0.3) is 0 Å². The van der Waals surface area contributed by atoms with Gasteiger partial charge in [0.1, 0.15) is 5.00 Å². The highest BCUT2D eigenvalue weighted by atomic mass is 32.1. The fourth-order valence-electron chi connectivity index (χ4n) is 2.40. The minimum Gasteiger partial charge on any atom is -0.480 e. The number of nitrogens with zero attached hydrogens (tertiary/aromatic N) is 3. The zero-order valence-corrected chi connectivity index (χ0v) is 11.3. The molecule has 2 aromatic rings. The van der Waals surface area contributed by atoms with Crippen molar-refractivity contribution < 1.29 is 9.90 Å². The molecule has 5 nitrogen and oxygen atoms in total. The van der Waals surface area contributed by atoms with E-state index < -0.39 is 5.97 Å². The second-order valence-electron chi connectivity index (χ2n) is 4.66. The van der Waals surface area contributed by atoms with Gasteiger partial charge in [-0.1, -0.05) is 12.1 Å². The van der Waals surface area contributed by atoms with Crippen LogP contribution < -0.4 is 4.90 Å². The van der Waals surface area contributed by atoms with E-state index in [1.807, 2.05) is 23.1 Å². The molecule has 0 radical (unpaired) electrons. The summed E-state index contributed by atoms with van der Waals surface area (Å²) in [7, 11) is 0. The maximum atomic E-state index is 10.7. The molecular formula is C13H15N3O2S. The first kappa shape index (κ1) is 12.4. The van der Waals surface area contributed by atoms with E-state index in [1.54, 1.807) is 0 Å². The third-order valence-electron chi connectivity index (χ3n) is 3.38. The second-order valence-corrected chi connectivity index (χ2v) is 5.41. The topological polar surface area (TPSA) is 56.7 Å². The number of aromatic nitrogens is 1. The van der Waals surface area contributed by atoms with Crippen molar-refractivity contribution in [3.63, 3.8) is 0 Å². The van der Waals surface area contributed by atoms with E-state index in [9.17, 15) is 4.79 Å². The molecule has 19 heavy (non-hydrogen) atoms. The standard InChI is InChI=1S/C13H15N3O2S/c17-12(18)9-15-5-7-16(8-6-15)13-10-3-1-2-4-11(10)14-19-13/h1-4H,5-9H2,(H,17,18). The summed E-state index contributed by atoms with van der Waals surface area (Å²) in [6.07, 6.45) is 0. The Morgan fingerprint density at radius 3 is 2.74 bits per heavy atom. The predicted octanol–water partition coefficient (Wildman–Crippen LogP) is 1.50. The summed E-state index contributed by atoms with van der Waals surface area (Å²) in [4.78, 5) is 15.0. The molecule has 0 saturated carbocycles. The summed E-state index contributed by atoms with van der Waals surface area (Å²) < 4.78 is 4.45. The number of carboxylic acids is 1. The van der Waals surface area contributed by atoms with Crippen molar-refractivity contribution in [3.8, 4) is 0 Å². The zero-order chi connectivity index (χ0) is 13.2. The molecule has 1 saturated heterocycles. The third kappa shape index (κ3) is 2.54. The molecule has 2 heterocycles. The number of hydrogen-bond donors (Lipinski definition) is 1. The largest absolute Gasteiger partial charge is 0.480 e. The first-order valence-corrected chi connectivity index (χ1v) is 7.05. The van der Waals surface area contributed by atoms with Crippen molar-refractivity contribution in [3.05, 3.63) is 24.3 Å². The molecule has 6 heteroatoms. The van der Waals surface area contributed by atoms with Crippen LogP contribution >= 0.6 is 11.5 Å². The summed E-state index contributed by atoms with van der Waals surface area (Å²) in [5.41, 5.74) is 1.04. The van der Waals surface area contributed by atoms with Gasteiger partial charge in [-0.3, -0.25) is 9.69 Å². The first-order valence-electron chi connectivity index (χ1n) is 6.27. The Hall–Kier alpha value is -1.66. The number of anilines is 1. The van der Waals surface area contributed by atoms with E-state index in [2.05, 4.69) is 15.3 Å². The molecule has 0 atom stereocenters. The predicted molar refractivity (Wildman–Crippen MR) is 75.9 cm³/mol. The van der Waals surface area contributed by atoms with Crippen molar-refractivity contribution in [2.24, 2.45) is 0 Å². The Morgan fingerprint density at radius 2 is 2.00 bits per heavy atom. The summed E-state index contributed by atoms with van der Waals surface area (Å²) in [6.45, 7) is 3.44. The molecule has 1 N–H and O–H groups in total. The Bertz CT molecular complexity index is 590. The lowest BCUT2D eigenvalue weighted by Crippen LogP contribution is -2.47. The molecule has 0 spiro atoms. The van der Waals surface area contributed by atoms with Crippen LogP contribution in [0.25, 0.3) is 10.9 Å². The second kappa shape index (κ2) is 5.14. The van der Waals surface area contributed by atoms with E-state index in [4.69, 9.17) is 5.11 Å². The highest BCUT2D eigenvalue weighted by Crippen LogP contribution is 2.31. The van der Waals surface area contributed by atoms with E-state index in [0.29, 0.717) is 0 Å². The molecule has 1 fully saturated rings.